The number of hydrogen-bond donors (Lipinski definition) is 2. The van der Waals surface area contributed by atoms with Crippen LogP contribution in [0.25, 0.3) is 10.8 Å². The van der Waals surface area contributed by atoms with Crippen LogP contribution >= 0.6 is 0 Å². The molecule has 1 aliphatic heterocycles. The predicted molar refractivity (Wildman–Crippen MR) is 88.1 cm³/mol. The van der Waals surface area contributed by atoms with Crippen molar-refractivity contribution in [2.75, 3.05) is 13.7 Å². The van der Waals surface area contributed by atoms with E-state index in [4.69, 9.17) is 15.2 Å². The number of ether oxygens (including phenoxy) is 2. The molecule has 24 heavy (non-hydrogen) atoms. The first-order chi connectivity index (χ1) is 11.6. The minimum absolute atomic E-state index is 0.0184. The second-order valence-corrected chi connectivity index (χ2v) is 5.72. The Balaban J connectivity index is 1.87. The van der Waals surface area contributed by atoms with E-state index in [1.807, 2.05) is 0 Å². The average Bonchev–Trinajstić information content (AvgIpc) is 2.58. The average molecular weight is 329 g/mol. The van der Waals surface area contributed by atoms with E-state index in [1.165, 1.54) is 7.11 Å². The van der Waals surface area contributed by atoms with Crippen LogP contribution in [0.5, 0.6) is 11.6 Å². The highest BCUT2D eigenvalue weighted by Gasteiger charge is 2.19. The van der Waals surface area contributed by atoms with Crippen LogP contribution in [-0.4, -0.2) is 36.6 Å². The summed E-state index contributed by atoms with van der Waals surface area (Å²) in [6.45, 7) is 0.345. The third kappa shape index (κ3) is 3.24. The molecule has 1 saturated heterocycles. The van der Waals surface area contributed by atoms with E-state index in [0.717, 1.165) is 23.6 Å². The van der Waals surface area contributed by atoms with E-state index in [9.17, 15) is 9.59 Å². The number of hydrogen-bond acceptors (Lipinski definition) is 5. The Morgan fingerprint density at radius 1 is 1.46 bits per heavy atom. The van der Waals surface area contributed by atoms with Gasteiger partial charge in [0.2, 0.25) is 11.8 Å². The molecule has 0 aliphatic carbocycles. The summed E-state index contributed by atoms with van der Waals surface area (Å²) in [6, 6.07) is 5.11. The van der Waals surface area contributed by atoms with E-state index in [2.05, 4.69) is 10.3 Å². The van der Waals surface area contributed by atoms with Gasteiger partial charge in [-0.25, -0.2) is 4.98 Å². The first-order valence-electron chi connectivity index (χ1n) is 7.77. The zero-order valence-electron chi connectivity index (χ0n) is 13.4. The summed E-state index contributed by atoms with van der Waals surface area (Å²) >= 11 is 0. The number of fused-ring (bicyclic) bond motifs is 1. The number of nitrogens with two attached hydrogens (primary N) is 1. The van der Waals surface area contributed by atoms with Crippen molar-refractivity contribution in [1.82, 2.24) is 10.3 Å². The topological polar surface area (TPSA) is 104 Å². The zero-order chi connectivity index (χ0) is 17.1. The van der Waals surface area contributed by atoms with Gasteiger partial charge >= 0.3 is 0 Å². The van der Waals surface area contributed by atoms with Crippen molar-refractivity contribution in [2.45, 2.75) is 25.3 Å². The molecule has 3 N–H and O–H groups in total. The lowest BCUT2D eigenvalue weighted by Crippen LogP contribution is -2.42. The first-order valence-corrected chi connectivity index (χ1v) is 7.77. The van der Waals surface area contributed by atoms with Gasteiger partial charge in [0.05, 0.1) is 18.7 Å². The molecule has 1 atom stereocenters. The number of methoxy groups -OCH3 is 1. The van der Waals surface area contributed by atoms with Crippen LogP contribution in [0.1, 0.15) is 29.6 Å². The largest absolute Gasteiger partial charge is 0.496 e. The maximum absolute atomic E-state index is 11.5. The highest BCUT2D eigenvalue weighted by Crippen LogP contribution is 2.30. The number of amides is 2. The van der Waals surface area contributed by atoms with Gasteiger partial charge in [-0.05, 0) is 36.4 Å². The van der Waals surface area contributed by atoms with Crippen LogP contribution in [0.3, 0.4) is 0 Å². The fourth-order valence-corrected chi connectivity index (χ4v) is 2.84. The SMILES string of the molecule is COc1cc2c(OCC3CCCC(=O)N3)nccc2cc1C(N)=O. The third-order valence-corrected chi connectivity index (χ3v) is 4.06. The van der Waals surface area contributed by atoms with Crippen LogP contribution < -0.4 is 20.5 Å². The summed E-state index contributed by atoms with van der Waals surface area (Å²) in [5.41, 5.74) is 5.69. The Hall–Kier alpha value is -2.83. The number of nitrogens with one attached hydrogen (secondary N) is 1. The zero-order valence-corrected chi connectivity index (χ0v) is 13.4. The van der Waals surface area contributed by atoms with Crippen LogP contribution in [0.4, 0.5) is 0 Å². The lowest BCUT2D eigenvalue weighted by molar-refractivity contribution is -0.123. The van der Waals surface area contributed by atoms with Gasteiger partial charge in [0.15, 0.2) is 0 Å². The van der Waals surface area contributed by atoms with Crippen molar-refractivity contribution in [2.24, 2.45) is 5.73 Å². The summed E-state index contributed by atoms with van der Waals surface area (Å²) in [5, 5.41) is 4.41. The molecule has 126 valence electrons. The van der Waals surface area contributed by atoms with E-state index >= 15 is 0 Å². The molecule has 1 aromatic carbocycles. The molecule has 3 rings (SSSR count). The highest BCUT2D eigenvalue weighted by molar-refractivity contribution is 6.01. The van der Waals surface area contributed by atoms with Crippen molar-refractivity contribution >= 4 is 22.6 Å². The van der Waals surface area contributed by atoms with Gasteiger partial charge in [-0.1, -0.05) is 0 Å². The molecule has 1 aromatic heterocycles. The second kappa shape index (κ2) is 6.74. The van der Waals surface area contributed by atoms with Crippen molar-refractivity contribution in [3.05, 3.63) is 30.0 Å². The van der Waals surface area contributed by atoms with E-state index in [-0.39, 0.29) is 11.9 Å². The number of primary amides is 1. The molecule has 1 aliphatic rings. The Morgan fingerprint density at radius 3 is 3.00 bits per heavy atom. The maximum atomic E-state index is 11.5. The summed E-state index contributed by atoms with van der Waals surface area (Å²) < 4.78 is 11.0. The molecule has 2 aromatic rings. The van der Waals surface area contributed by atoms with Crippen molar-refractivity contribution in [3.8, 4) is 11.6 Å². The standard InChI is InChI=1S/C17H19N3O4/c1-23-14-8-12-10(7-13(14)16(18)22)5-6-19-17(12)24-9-11-3-2-4-15(21)20-11/h5-8,11H,2-4,9H2,1H3,(H2,18,22)(H,20,21). The molecule has 0 radical (unpaired) electrons. The predicted octanol–water partition coefficient (Wildman–Crippen LogP) is 1.39. The minimum atomic E-state index is -0.557. The Labute approximate surface area is 139 Å². The molecule has 2 amide bonds. The van der Waals surface area contributed by atoms with Crippen LogP contribution in [0.15, 0.2) is 24.4 Å². The van der Waals surface area contributed by atoms with Gasteiger partial charge in [-0.15, -0.1) is 0 Å². The Morgan fingerprint density at radius 2 is 2.29 bits per heavy atom. The van der Waals surface area contributed by atoms with E-state index < -0.39 is 5.91 Å². The number of benzene rings is 1. The fraction of sp³-hybridized carbons (Fsp3) is 0.353. The van der Waals surface area contributed by atoms with Crippen molar-refractivity contribution < 1.29 is 19.1 Å². The summed E-state index contributed by atoms with van der Waals surface area (Å²) in [6.07, 6.45) is 3.91. The lowest BCUT2D eigenvalue weighted by Gasteiger charge is -2.23. The number of piperidine rings is 1. The van der Waals surface area contributed by atoms with Crippen LogP contribution in [0.2, 0.25) is 0 Å². The van der Waals surface area contributed by atoms with Gasteiger partial charge < -0.3 is 20.5 Å². The highest BCUT2D eigenvalue weighted by atomic mass is 16.5. The molecule has 1 unspecified atom stereocenters. The molecule has 0 bridgehead atoms. The summed E-state index contributed by atoms with van der Waals surface area (Å²) in [4.78, 5) is 27.2. The quantitative estimate of drug-likeness (QED) is 0.863. The van der Waals surface area contributed by atoms with Crippen molar-refractivity contribution in [3.63, 3.8) is 0 Å². The monoisotopic (exact) mass is 329 g/mol. The number of aromatic nitrogens is 1. The minimum Gasteiger partial charge on any atom is -0.496 e. The second-order valence-electron chi connectivity index (χ2n) is 5.72. The smallest absolute Gasteiger partial charge is 0.252 e. The summed E-state index contributed by atoms with van der Waals surface area (Å²) in [5.74, 6) is 0.298. The summed E-state index contributed by atoms with van der Waals surface area (Å²) in [7, 11) is 1.47. The number of carbonyl (C=O) groups excluding carboxylic acids is 2. The molecular weight excluding hydrogens is 310 g/mol. The molecule has 0 spiro atoms. The van der Waals surface area contributed by atoms with Crippen LogP contribution in [0, 0.1) is 0 Å². The van der Waals surface area contributed by atoms with E-state index in [0.29, 0.717) is 30.2 Å². The number of nitrogens with zero attached hydrogens (tertiary/aromatic N) is 1. The molecule has 0 saturated carbocycles. The van der Waals surface area contributed by atoms with Gasteiger partial charge in [0.25, 0.3) is 5.91 Å². The molecule has 1 fully saturated rings. The molecular formula is C17H19N3O4. The Bertz CT molecular complexity index is 791. The molecule has 2 heterocycles. The normalized spacial score (nSPS) is 17.4. The Kier molecular flexibility index (Phi) is 4.50. The fourth-order valence-electron chi connectivity index (χ4n) is 2.84. The van der Waals surface area contributed by atoms with Crippen LogP contribution in [-0.2, 0) is 4.79 Å². The third-order valence-electron chi connectivity index (χ3n) is 4.06. The van der Waals surface area contributed by atoms with Gasteiger partial charge in [0, 0.05) is 18.0 Å². The number of carbonyl (C=O) groups is 2. The van der Waals surface area contributed by atoms with Gasteiger partial charge in [0.1, 0.15) is 12.4 Å². The number of rotatable bonds is 5. The maximum Gasteiger partial charge on any atom is 0.252 e. The van der Waals surface area contributed by atoms with E-state index in [1.54, 1.807) is 24.4 Å². The lowest BCUT2D eigenvalue weighted by atomic mass is 10.1. The van der Waals surface area contributed by atoms with Gasteiger partial charge in [-0.3, -0.25) is 9.59 Å². The van der Waals surface area contributed by atoms with Crippen molar-refractivity contribution in [1.29, 1.82) is 0 Å². The molecule has 7 nitrogen and oxygen atoms in total. The number of pyridine rings is 1. The van der Waals surface area contributed by atoms with Gasteiger partial charge in [-0.2, -0.15) is 0 Å². The molecule has 7 heteroatoms. The first kappa shape index (κ1) is 16.0.